The second-order valence-corrected chi connectivity index (χ2v) is 4.11. The van der Waals surface area contributed by atoms with Crippen LogP contribution in [0.4, 0.5) is 0 Å². The third kappa shape index (κ3) is 1.53. The summed E-state index contributed by atoms with van der Waals surface area (Å²) in [5.41, 5.74) is 6.30. The number of ether oxygens (including phenoxy) is 1. The lowest BCUT2D eigenvalue weighted by Gasteiger charge is -2.43. The highest BCUT2D eigenvalue weighted by Gasteiger charge is 2.50. The Kier molecular flexibility index (Phi) is 2.49. The van der Waals surface area contributed by atoms with Crippen LogP contribution in [0.5, 0.6) is 0 Å². The maximum atomic E-state index is 11.8. The number of carbonyl (C=O) groups excluding carboxylic acids is 1. The maximum Gasteiger partial charge on any atom is 0.316 e. The van der Waals surface area contributed by atoms with Crippen molar-refractivity contribution in [2.75, 3.05) is 7.11 Å². The van der Waals surface area contributed by atoms with Crippen molar-refractivity contribution in [2.24, 2.45) is 5.73 Å². The molecule has 1 saturated carbocycles. The van der Waals surface area contributed by atoms with Gasteiger partial charge in [-0.3, -0.25) is 4.79 Å². The van der Waals surface area contributed by atoms with E-state index in [2.05, 4.69) is 0 Å². The monoisotopic (exact) mass is 205 g/mol. The molecule has 1 fully saturated rings. The summed E-state index contributed by atoms with van der Waals surface area (Å²) in [6, 6.07) is 9.84. The molecule has 0 aliphatic heterocycles. The van der Waals surface area contributed by atoms with Gasteiger partial charge in [0.05, 0.1) is 12.5 Å². The quantitative estimate of drug-likeness (QED) is 0.738. The highest BCUT2D eigenvalue weighted by atomic mass is 16.5. The van der Waals surface area contributed by atoms with Crippen molar-refractivity contribution in [1.29, 1.82) is 0 Å². The zero-order valence-electron chi connectivity index (χ0n) is 8.77. The minimum atomic E-state index is -0.491. The average molecular weight is 205 g/mol. The van der Waals surface area contributed by atoms with E-state index < -0.39 is 5.41 Å². The molecule has 1 aromatic carbocycles. The van der Waals surface area contributed by atoms with E-state index in [1.165, 1.54) is 7.11 Å². The van der Waals surface area contributed by atoms with Gasteiger partial charge in [-0.05, 0) is 18.4 Å². The first-order valence-electron chi connectivity index (χ1n) is 5.08. The van der Waals surface area contributed by atoms with Gasteiger partial charge in [-0.25, -0.2) is 0 Å². The first kappa shape index (κ1) is 10.2. The van der Waals surface area contributed by atoms with Crippen LogP contribution < -0.4 is 5.73 Å². The zero-order chi connectivity index (χ0) is 10.9. The standard InChI is InChI=1S/C12H15NO2/c1-15-11(14)12(7-10(13)8-12)9-5-3-2-4-6-9/h2-6,10H,7-8,13H2,1H3. The number of methoxy groups -OCH3 is 1. The van der Waals surface area contributed by atoms with E-state index in [1.807, 2.05) is 30.3 Å². The van der Waals surface area contributed by atoms with Gasteiger partial charge in [-0.2, -0.15) is 0 Å². The minimum Gasteiger partial charge on any atom is -0.468 e. The summed E-state index contributed by atoms with van der Waals surface area (Å²) in [5.74, 6) is -0.171. The van der Waals surface area contributed by atoms with Crippen molar-refractivity contribution in [3.05, 3.63) is 35.9 Å². The molecule has 0 spiro atoms. The molecule has 80 valence electrons. The summed E-state index contributed by atoms with van der Waals surface area (Å²) in [7, 11) is 1.43. The molecule has 2 N–H and O–H groups in total. The molecule has 0 unspecified atom stereocenters. The van der Waals surface area contributed by atoms with Gasteiger partial charge in [0.1, 0.15) is 0 Å². The topological polar surface area (TPSA) is 52.3 Å². The predicted molar refractivity (Wildman–Crippen MR) is 57.3 cm³/mol. The Morgan fingerprint density at radius 3 is 2.47 bits per heavy atom. The van der Waals surface area contributed by atoms with Crippen molar-refractivity contribution in [1.82, 2.24) is 0 Å². The number of esters is 1. The zero-order valence-corrected chi connectivity index (χ0v) is 8.77. The van der Waals surface area contributed by atoms with Crippen LogP contribution >= 0.6 is 0 Å². The molecule has 1 aliphatic rings. The lowest BCUT2D eigenvalue weighted by Crippen LogP contribution is -2.54. The Bertz CT molecular complexity index is 355. The third-order valence-corrected chi connectivity index (χ3v) is 3.12. The Hall–Kier alpha value is -1.35. The molecule has 0 atom stereocenters. The van der Waals surface area contributed by atoms with E-state index in [4.69, 9.17) is 10.5 Å². The van der Waals surface area contributed by atoms with Gasteiger partial charge in [0.25, 0.3) is 0 Å². The molecule has 0 heterocycles. The van der Waals surface area contributed by atoms with Crippen molar-refractivity contribution >= 4 is 5.97 Å². The van der Waals surface area contributed by atoms with Crippen molar-refractivity contribution in [3.63, 3.8) is 0 Å². The van der Waals surface area contributed by atoms with Crippen LogP contribution in [-0.4, -0.2) is 19.1 Å². The summed E-state index contributed by atoms with van der Waals surface area (Å²) in [6.45, 7) is 0. The molecule has 1 aromatic rings. The first-order chi connectivity index (χ1) is 7.19. The number of hydrogen-bond donors (Lipinski definition) is 1. The van der Waals surface area contributed by atoms with Crippen LogP contribution in [-0.2, 0) is 14.9 Å². The number of carbonyl (C=O) groups is 1. The number of benzene rings is 1. The number of hydrogen-bond acceptors (Lipinski definition) is 3. The lowest BCUT2D eigenvalue weighted by molar-refractivity contribution is -0.152. The van der Waals surface area contributed by atoms with Crippen LogP contribution in [0.1, 0.15) is 18.4 Å². The van der Waals surface area contributed by atoms with Crippen LogP contribution in [0.3, 0.4) is 0 Å². The fourth-order valence-corrected chi connectivity index (χ4v) is 2.31. The number of nitrogens with two attached hydrogens (primary N) is 1. The van der Waals surface area contributed by atoms with E-state index in [1.54, 1.807) is 0 Å². The number of rotatable bonds is 2. The highest BCUT2D eigenvalue weighted by molar-refractivity contribution is 5.84. The summed E-state index contributed by atoms with van der Waals surface area (Å²) >= 11 is 0. The van der Waals surface area contributed by atoms with E-state index in [0.29, 0.717) is 12.8 Å². The Morgan fingerprint density at radius 2 is 2.00 bits per heavy atom. The predicted octanol–water partition coefficient (Wildman–Crippen LogP) is 1.22. The Morgan fingerprint density at radius 1 is 1.40 bits per heavy atom. The fourth-order valence-electron chi connectivity index (χ4n) is 2.31. The summed E-state index contributed by atoms with van der Waals surface area (Å²) in [6.07, 6.45) is 1.37. The van der Waals surface area contributed by atoms with Crippen LogP contribution in [0.15, 0.2) is 30.3 Å². The minimum absolute atomic E-state index is 0.115. The van der Waals surface area contributed by atoms with Gasteiger partial charge < -0.3 is 10.5 Å². The molecule has 0 saturated heterocycles. The van der Waals surface area contributed by atoms with Crippen LogP contribution in [0.2, 0.25) is 0 Å². The van der Waals surface area contributed by atoms with Gasteiger partial charge in [-0.15, -0.1) is 0 Å². The molecule has 0 bridgehead atoms. The lowest BCUT2D eigenvalue weighted by atomic mass is 9.62. The average Bonchev–Trinajstić information content (AvgIpc) is 2.24. The summed E-state index contributed by atoms with van der Waals surface area (Å²) in [5, 5.41) is 0. The van der Waals surface area contributed by atoms with Gasteiger partial charge in [0.2, 0.25) is 0 Å². The van der Waals surface area contributed by atoms with Gasteiger partial charge in [0, 0.05) is 6.04 Å². The van der Waals surface area contributed by atoms with Gasteiger partial charge in [-0.1, -0.05) is 30.3 Å². The molecular formula is C12H15NO2. The normalized spacial score (nSPS) is 29.3. The molecule has 15 heavy (non-hydrogen) atoms. The summed E-state index contributed by atoms with van der Waals surface area (Å²) < 4.78 is 4.87. The van der Waals surface area contributed by atoms with Crippen molar-refractivity contribution < 1.29 is 9.53 Å². The fraction of sp³-hybridized carbons (Fsp3) is 0.417. The van der Waals surface area contributed by atoms with Crippen LogP contribution in [0.25, 0.3) is 0 Å². The van der Waals surface area contributed by atoms with Gasteiger partial charge in [0.15, 0.2) is 0 Å². The molecular weight excluding hydrogens is 190 g/mol. The molecule has 1 aliphatic carbocycles. The van der Waals surface area contributed by atoms with Gasteiger partial charge >= 0.3 is 5.97 Å². The third-order valence-electron chi connectivity index (χ3n) is 3.12. The second kappa shape index (κ2) is 3.66. The molecule has 3 nitrogen and oxygen atoms in total. The highest BCUT2D eigenvalue weighted by Crippen LogP contribution is 2.43. The summed E-state index contributed by atoms with van der Waals surface area (Å²) in [4.78, 5) is 11.8. The van der Waals surface area contributed by atoms with Crippen LogP contribution in [0, 0.1) is 0 Å². The van der Waals surface area contributed by atoms with E-state index in [9.17, 15) is 4.79 Å². The van der Waals surface area contributed by atoms with Crippen molar-refractivity contribution in [2.45, 2.75) is 24.3 Å². The van der Waals surface area contributed by atoms with E-state index in [0.717, 1.165) is 5.56 Å². The first-order valence-corrected chi connectivity index (χ1v) is 5.08. The maximum absolute atomic E-state index is 11.8. The smallest absolute Gasteiger partial charge is 0.316 e. The Balaban J connectivity index is 2.33. The largest absolute Gasteiger partial charge is 0.468 e. The molecule has 0 radical (unpaired) electrons. The van der Waals surface area contributed by atoms with E-state index >= 15 is 0 Å². The van der Waals surface area contributed by atoms with E-state index in [-0.39, 0.29) is 12.0 Å². The second-order valence-electron chi connectivity index (χ2n) is 4.11. The molecule has 0 amide bonds. The molecule has 0 aromatic heterocycles. The SMILES string of the molecule is COC(=O)C1(c2ccccc2)CC(N)C1. The molecule has 3 heteroatoms. The van der Waals surface area contributed by atoms with Crippen molar-refractivity contribution in [3.8, 4) is 0 Å². The molecule has 2 rings (SSSR count). The Labute approximate surface area is 89.2 Å².